The molecule has 0 aliphatic carbocycles. The van der Waals surface area contributed by atoms with Crippen LogP contribution in [-0.4, -0.2) is 19.4 Å². The van der Waals surface area contributed by atoms with Crippen molar-refractivity contribution in [1.29, 1.82) is 0 Å². The van der Waals surface area contributed by atoms with E-state index in [4.69, 9.17) is 14.2 Å². The second-order valence-corrected chi connectivity index (χ2v) is 5.73. The number of carbonyl (C=O) groups excluding carboxylic acids is 1. The largest absolute Gasteiger partial charge is 0.456 e. The first kappa shape index (κ1) is 12.6. The van der Waals surface area contributed by atoms with E-state index < -0.39 is 0 Å². The fourth-order valence-electron chi connectivity index (χ4n) is 3.43. The van der Waals surface area contributed by atoms with Crippen LogP contribution in [0.5, 0.6) is 11.5 Å². The van der Waals surface area contributed by atoms with Gasteiger partial charge >= 0.3 is 5.97 Å². The molecule has 1 atom stereocenters. The maximum absolute atomic E-state index is 12.3. The Hall–Kier alpha value is -2.95. The summed E-state index contributed by atoms with van der Waals surface area (Å²) in [5.41, 5.74) is 4.50. The van der Waals surface area contributed by atoms with Crippen LogP contribution < -0.4 is 14.8 Å². The quantitative estimate of drug-likeness (QED) is 0.821. The van der Waals surface area contributed by atoms with Gasteiger partial charge in [-0.3, -0.25) is 0 Å². The van der Waals surface area contributed by atoms with Crippen LogP contribution in [0.3, 0.4) is 0 Å². The molecule has 0 saturated carbocycles. The number of cyclic esters (lactones) is 1. The van der Waals surface area contributed by atoms with Crippen LogP contribution in [0.25, 0.3) is 0 Å². The van der Waals surface area contributed by atoms with Crippen LogP contribution in [0.15, 0.2) is 53.7 Å². The Morgan fingerprint density at radius 2 is 1.78 bits per heavy atom. The normalized spacial score (nSPS) is 20.7. The van der Waals surface area contributed by atoms with Gasteiger partial charge in [0.1, 0.15) is 6.61 Å². The van der Waals surface area contributed by atoms with Gasteiger partial charge in [0, 0.05) is 17.7 Å². The molecule has 114 valence electrons. The van der Waals surface area contributed by atoms with Crippen LogP contribution in [0.2, 0.25) is 0 Å². The zero-order valence-corrected chi connectivity index (χ0v) is 12.2. The highest BCUT2D eigenvalue weighted by Gasteiger charge is 2.39. The predicted octanol–water partition coefficient (Wildman–Crippen LogP) is 2.78. The molecule has 0 radical (unpaired) electrons. The summed E-state index contributed by atoms with van der Waals surface area (Å²) in [7, 11) is 0. The van der Waals surface area contributed by atoms with E-state index >= 15 is 0 Å². The Morgan fingerprint density at radius 3 is 2.61 bits per heavy atom. The minimum Gasteiger partial charge on any atom is -0.456 e. The third kappa shape index (κ3) is 1.76. The van der Waals surface area contributed by atoms with Gasteiger partial charge in [0.05, 0.1) is 11.3 Å². The minimum atomic E-state index is -0.260. The van der Waals surface area contributed by atoms with Crippen LogP contribution in [0, 0.1) is 0 Å². The number of esters is 1. The number of ether oxygens (including phenoxy) is 3. The molecule has 2 aromatic carbocycles. The molecule has 3 aliphatic heterocycles. The lowest BCUT2D eigenvalue weighted by Gasteiger charge is -2.27. The number of anilines is 1. The summed E-state index contributed by atoms with van der Waals surface area (Å²) < 4.78 is 16.2. The van der Waals surface area contributed by atoms with E-state index in [1.807, 2.05) is 42.5 Å². The van der Waals surface area contributed by atoms with E-state index in [0.29, 0.717) is 11.3 Å². The van der Waals surface area contributed by atoms with Gasteiger partial charge in [0.2, 0.25) is 6.79 Å². The summed E-state index contributed by atoms with van der Waals surface area (Å²) in [4.78, 5) is 12.3. The SMILES string of the molecule is O=C1OCC2=C1[C@@H](c1ccccc1)c1cc3c(cc1N2)OCO3. The van der Waals surface area contributed by atoms with Gasteiger partial charge in [-0.1, -0.05) is 30.3 Å². The van der Waals surface area contributed by atoms with Gasteiger partial charge in [-0.15, -0.1) is 0 Å². The molecule has 1 N–H and O–H groups in total. The molecule has 23 heavy (non-hydrogen) atoms. The van der Waals surface area contributed by atoms with Crippen molar-refractivity contribution in [3.05, 3.63) is 64.9 Å². The molecule has 5 nitrogen and oxygen atoms in total. The van der Waals surface area contributed by atoms with E-state index in [-0.39, 0.29) is 25.3 Å². The van der Waals surface area contributed by atoms with Gasteiger partial charge in [-0.25, -0.2) is 4.79 Å². The first-order valence-electron chi connectivity index (χ1n) is 7.47. The van der Waals surface area contributed by atoms with Gasteiger partial charge in [-0.05, 0) is 17.2 Å². The first-order valence-corrected chi connectivity index (χ1v) is 7.47. The summed E-state index contributed by atoms with van der Waals surface area (Å²) >= 11 is 0. The van der Waals surface area contributed by atoms with Crippen molar-refractivity contribution in [2.45, 2.75) is 5.92 Å². The van der Waals surface area contributed by atoms with Gasteiger partial charge < -0.3 is 19.5 Å². The molecule has 0 spiro atoms. The molecule has 5 rings (SSSR count). The average Bonchev–Trinajstić information content (AvgIpc) is 3.18. The number of nitrogens with one attached hydrogen (secondary N) is 1. The molecule has 0 saturated heterocycles. The molecule has 0 amide bonds. The smallest absolute Gasteiger partial charge is 0.337 e. The Labute approximate surface area is 132 Å². The van der Waals surface area contributed by atoms with Gasteiger partial charge in [0.25, 0.3) is 0 Å². The number of benzene rings is 2. The standard InChI is InChI=1S/C18H13NO4/c20-18-17-13(8-21-18)19-12-7-15-14(22-9-23-15)6-11(12)16(17)10-4-2-1-3-5-10/h1-7,16,19H,8-9H2/t16-/m0/s1. The van der Waals surface area contributed by atoms with Gasteiger partial charge in [-0.2, -0.15) is 0 Å². The van der Waals surface area contributed by atoms with Crippen molar-refractivity contribution in [3.8, 4) is 11.5 Å². The average molecular weight is 307 g/mol. The maximum atomic E-state index is 12.3. The van der Waals surface area contributed by atoms with Crippen LogP contribution in [0.1, 0.15) is 17.0 Å². The second kappa shape index (κ2) is 4.52. The maximum Gasteiger partial charge on any atom is 0.337 e. The van der Waals surface area contributed by atoms with Crippen molar-refractivity contribution in [1.82, 2.24) is 0 Å². The molecule has 3 heterocycles. The van der Waals surface area contributed by atoms with E-state index in [2.05, 4.69) is 5.32 Å². The fourth-order valence-corrected chi connectivity index (χ4v) is 3.43. The van der Waals surface area contributed by atoms with Crippen molar-refractivity contribution in [2.24, 2.45) is 0 Å². The van der Waals surface area contributed by atoms with E-state index in [1.54, 1.807) is 0 Å². The van der Waals surface area contributed by atoms with E-state index in [1.165, 1.54) is 0 Å². The van der Waals surface area contributed by atoms with Gasteiger partial charge in [0.15, 0.2) is 11.5 Å². The lowest BCUT2D eigenvalue weighted by atomic mass is 9.81. The minimum absolute atomic E-state index is 0.160. The molecular weight excluding hydrogens is 294 g/mol. The van der Waals surface area contributed by atoms with E-state index in [0.717, 1.165) is 28.3 Å². The van der Waals surface area contributed by atoms with Crippen molar-refractivity contribution in [2.75, 3.05) is 18.7 Å². The second-order valence-electron chi connectivity index (χ2n) is 5.73. The van der Waals surface area contributed by atoms with Crippen LogP contribution in [0.4, 0.5) is 5.69 Å². The number of hydrogen-bond acceptors (Lipinski definition) is 5. The lowest BCUT2D eigenvalue weighted by molar-refractivity contribution is -0.136. The third-order valence-electron chi connectivity index (χ3n) is 4.46. The van der Waals surface area contributed by atoms with Crippen LogP contribution >= 0.6 is 0 Å². The molecule has 0 unspecified atom stereocenters. The van der Waals surface area contributed by atoms with E-state index in [9.17, 15) is 4.79 Å². The monoisotopic (exact) mass is 307 g/mol. The predicted molar refractivity (Wildman–Crippen MR) is 82.5 cm³/mol. The number of rotatable bonds is 1. The third-order valence-corrected chi connectivity index (χ3v) is 4.46. The lowest BCUT2D eigenvalue weighted by Crippen LogP contribution is -2.19. The van der Waals surface area contributed by atoms with Crippen molar-refractivity contribution >= 4 is 11.7 Å². The summed E-state index contributed by atoms with van der Waals surface area (Å²) in [5.74, 6) is 1.01. The number of hydrogen-bond donors (Lipinski definition) is 1. The summed E-state index contributed by atoms with van der Waals surface area (Å²) in [6.45, 7) is 0.509. The molecule has 2 aromatic rings. The zero-order valence-electron chi connectivity index (χ0n) is 12.2. The first-order chi connectivity index (χ1) is 11.3. The summed E-state index contributed by atoms with van der Waals surface area (Å²) in [6.07, 6.45) is 0. The van der Waals surface area contributed by atoms with Crippen LogP contribution in [-0.2, 0) is 9.53 Å². The Balaban J connectivity index is 1.75. The van der Waals surface area contributed by atoms with Crippen molar-refractivity contribution < 1.29 is 19.0 Å². The highest BCUT2D eigenvalue weighted by atomic mass is 16.7. The molecule has 0 aromatic heterocycles. The Bertz CT molecular complexity index is 857. The highest BCUT2D eigenvalue weighted by Crippen LogP contribution is 2.48. The molecule has 3 aliphatic rings. The van der Waals surface area contributed by atoms with Crippen molar-refractivity contribution in [3.63, 3.8) is 0 Å². The highest BCUT2D eigenvalue weighted by molar-refractivity contribution is 5.97. The Morgan fingerprint density at radius 1 is 1.00 bits per heavy atom. The number of fused-ring (bicyclic) bond motifs is 2. The zero-order chi connectivity index (χ0) is 15.4. The molecule has 0 bridgehead atoms. The molecular formula is C18H13NO4. The molecule has 0 fully saturated rings. The molecule has 5 heteroatoms. The fraction of sp³-hybridized carbons (Fsp3) is 0.167. The number of carbonyl (C=O) groups is 1. The topological polar surface area (TPSA) is 56.8 Å². The summed E-state index contributed by atoms with van der Waals surface area (Å²) in [6, 6.07) is 13.9. The Kier molecular flexibility index (Phi) is 2.47. The summed E-state index contributed by atoms with van der Waals surface area (Å²) in [5, 5.41) is 3.32.